The number of thioether (sulfide) groups is 1. The van der Waals surface area contributed by atoms with Crippen LogP contribution in [-0.4, -0.2) is 37.3 Å². The Morgan fingerprint density at radius 3 is 2.57 bits per heavy atom. The van der Waals surface area contributed by atoms with Crippen molar-refractivity contribution in [3.8, 4) is 0 Å². The number of aromatic nitrogens is 1. The van der Waals surface area contributed by atoms with Crippen molar-refractivity contribution in [2.75, 3.05) is 6.54 Å². The fourth-order valence-corrected chi connectivity index (χ4v) is 4.42. The quantitative estimate of drug-likeness (QED) is 0.764. The summed E-state index contributed by atoms with van der Waals surface area (Å²) in [6.45, 7) is 3.46. The van der Waals surface area contributed by atoms with Gasteiger partial charge in [0.1, 0.15) is 20.4 Å². The van der Waals surface area contributed by atoms with Gasteiger partial charge >= 0.3 is 5.97 Å². The zero-order chi connectivity index (χ0) is 15.7. The Bertz CT molecular complexity index is 805. The molecular weight excluding hydrogens is 332 g/mol. The van der Waals surface area contributed by atoms with Gasteiger partial charge in [0.05, 0.1) is 4.53 Å². The van der Waals surface area contributed by atoms with Gasteiger partial charge in [0.2, 0.25) is 0 Å². The normalized spacial score (nSPS) is 18.8. The van der Waals surface area contributed by atoms with Crippen LogP contribution in [0.15, 0.2) is 4.79 Å². The molecule has 1 aromatic rings. The summed E-state index contributed by atoms with van der Waals surface area (Å²) in [6.07, 6.45) is 1.61. The molecule has 1 fully saturated rings. The van der Waals surface area contributed by atoms with Gasteiger partial charge in [-0.3, -0.25) is 23.9 Å². The Labute approximate surface area is 133 Å². The second-order valence-electron chi connectivity index (χ2n) is 4.09. The highest BCUT2D eigenvalue weighted by molar-refractivity contribution is 8.30. The van der Waals surface area contributed by atoms with Crippen LogP contribution in [0.4, 0.5) is 0 Å². The molecule has 1 N–H and O–H groups in total. The first-order chi connectivity index (χ1) is 9.90. The molecule has 1 aromatic heterocycles. The summed E-state index contributed by atoms with van der Waals surface area (Å²) in [5, 5.41) is 8.95. The Hall–Kier alpha value is -1.45. The highest BCUT2D eigenvalue weighted by atomic mass is 32.2. The minimum absolute atomic E-state index is 0.282. The number of rotatable bonds is 3. The van der Waals surface area contributed by atoms with Gasteiger partial charge in [-0.15, -0.1) is 11.3 Å². The number of nitrogens with zero attached hydrogens (tertiary/aromatic N) is 2. The van der Waals surface area contributed by atoms with Gasteiger partial charge in [0.15, 0.2) is 0 Å². The molecule has 0 bridgehead atoms. The predicted octanol–water partition coefficient (Wildman–Crippen LogP) is -0.217. The third-order valence-electron chi connectivity index (χ3n) is 2.82. The molecule has 1 aliphatic rings. The van der Waals surface area contributed by atoms with E-state index in [1.807, 2.05) is 0 Å². The zero-order valence-electron chi connectivity index (χ0n) is 11.3. The topological polar surface area (TPSA) is 79.6 Å². The van der Waals surface area contributed by atoms with Crippen LogP contribution in [0, 0.1) is 0 Å². The number of hydrogen-bond donors (Lipinski definition) is 1. The Kier molecular flexibility index (Phi) is 4.64. The molecule has 2 heterocycles. The molecule has 112 valence electrons. The lowest BCUT2D eigenvalue weighted by Gasteiger charge is -2.09. The smallest absolute Gasteiger partial charge is 0.323 e. The lowest BCUT2D eigenvalue weighted by atomic mass is 10.5. The monoisotopic (exact) mass is 344 g/mol. The van der Waals surface area contributed by atoms with E-state index in [1.165, 1.54) is 4.90 Å². The van der Waals surface area contributed by atoms with E-state index in [0.717, 1.165) is 27.7 Å². The first kappa shape index (κ1) is 15.9. The number of aliphatic carboxylic acids is 1. The molecule has 0 atom stereocenters. The molecule has 0 aliphatic carbocycles. The van der Waals surface area contributed by atoms with Crippen molar-refractivity contribution >= 4 is 62.5 Å². The van der Waals surface area contributed by atoms with Crippen LogP contribution in [0.5, 0.6) is 0 Å². The molecule has 0 aromatic carbocycles. The van der Waals surface area contributed by atoms with Gasteiger partial charge in [-0.05, 0) is 13.8 Å². The zero-order valence-corrected chi connectivity index (χ0v) is 13.7. The van der Waals surface area contributed by atoms with Crippen molar-refractivity contribution in [3.05, 3.63) is 19.5 Å². The van der Waals surface area contributed by atoms with Crippen molar-refractivity contribution in [2.45, 2.75) is 20.4 Å². The lowest BCUT2D eigenvalue weighted by Crippen LogP contribution is -2.35. The van der Waals surface area contributed by atoms with Gasteiger partial charge < -0.3 is 5.11 Å². The molecule has 0 radical (unpaired) electrons. The van der Waals surface area contributed by atoms with Crippen LogP contribution in [0.25, 0.3) is 11.0 Å². The number of amides is 1. The molecule has 21 heavy (non-hydrogen) atoms. The molecule has 0 spiro atoms. The SMILES string of the molecule is CC=c1sc(=C2SC(=S)N(CC)C2=O)n(CC(=O)O)c1=O. The first-order valence-corrected chi connectivity index (χ1v) is 8.10. The maximum atomic E-state index is 12.3. The molecule has 6 nitrogen and oxygen atoms in total. The van der Waals surface area contributed by atoms with Crippen LogP contribution in [0.2, 0.25) is 0 Å². The molecular formula is C12H12N2O4S3. The van der Waals surface area contributed by atoms with E-state index in [-0.39, 0.29) is 5.91 Å². The molecule has 9 heteroatoms. The average Bonchev–Trinajstić information content (AvgIpc) is 2.88. The van der Waals surface area contributed by atoms with Gasteiger partial charge in [-0.2, -0.15) is 0 Å². The number of carbonyl (C=O) groups is 2. The molecule has 1 aliphatic heterocycles. The number of thiocarbonyl (C=S) groups is 1. The molecule has 1 saturated heterocycles. The molecule has 0 saturated carbocycles. The summed E-state index contributed by atoms with van der Waals surface area (Å²) in [6, 6.07) is 0. The average molecular weight is 344 g/mol. The Balaban J connectivity index is 2.77. The summed E-state index contributed by atoms with van der Waals surface area (Å²) >= 11 is 7.35. The van der Waals surface area contributed by atoms with Crippen molar-refractivity contribution < 1.29 is 14.7 Å². The third-order valence-corrected chi connectivity index (χ3v) is 5.64. The predicted molar refractivity (Wildman–Crippen MR) is 86.6 cm³/mol. The Morgan fingerprint density at radius 2 is 2.10 bits per heavy atom. The Morgan fingerprint density at radius 1 is 1.43 bits per heavy atom. The van der Waals surface area contributed by atoms with E-state index in [0.29, 0.717) is 25.0 Å². The minimum Gasteiger partial charge on any atom is -0.480 e. The maximum Gasteiger partial charge on any atom is 0.323 e. The van der Waals surface area contributed by atoms with E-state index in [4.69, 9.17) is 17.3 Å². The molecule has 0 unspecified atom stereocenters. The molecule has 2 rings (SSSR count). The highest BCUT2D eigenvalue weighted by Gasteiger charge is 2.33. The number of carbonyl (C=O) groups excluding carboxylic acids is 1. The van der Waals surface area contributed by atoms with E-state index < -0.39 is 18.1 Å². The van der Waals surface area contributed by atoms with Crippen molar-refractivity contribution in [1.29, 1.82) is 0 Å². The summed E-state index contributed by atoms with van der Waals surface area (Å²) in [5.74, 6) is -1.42. The standard InChI is InChI=1S/C12H12N2O4S3/c1-3-6-9(17)14(5-7(15)16)11(20-6)8-10(18)13(4-2)12(19)21-8/h3H,4-5H2,1-2H3,(H,15,16). The largest absolute Gasteiger partial charge is 0.480 e. The van der Waals surface area contributed by atoms with E-state index in [2.05, 4.69) is 0 Å². The van der Waals surface area contributed by atoms with Gasteiger partial charge in [-0.25, -0.2) is 0 Å². The first-order valence-electron chi connectivity index (χ1n) is 6.06. The van der Waals surface area contributed by atoms with Crippen LogP contribution in [0.1, 0.15) is 13.8 Å². The van der Waals surface area contributed by atoms with Crippen LogP contribution < -0.4 is 14.8 Å². The van der Waals surface area contributed by atoms with Gasteiger partial charge in [0, 0.05) is 6.54 Å². The lowest BCUT2D eigenvalue weighted by molar-refractivity contribution is -0.137. The second kappa shape index (κ2) is 6.12. The number of thiazole rings is 1. The van der Waals surface area contributed by atoms with Crippen LogP contribution >= 0.6 is 35.3 Å². The van der Waals surface area contributed by atoms with E-state index >= 15 is 0 Å². The number of hydrogen-bond acceptors (Lipinski definition) is 6. The highest BCUT2D eigenvalue weighted by Crippen LogP contribution is 2.30. The molecule has 1 amide bonds. The van der Waals surface area contributed by atoms with E-state index in [9.17, 15) is 14.4 Å². The minimum atomic E-state index is -1.13. The second-order valence-corrected chi connectivity index (χ2v) is 6.77. The van der Waals surface area contributed by atoms with Crippen molar-refractivity contribution in [2.24, 2.45) is 0 Å². The summed E-state index contributed by atoms with van der Waals surface area (Å²) in [4.78, 5) is 37.2. The van der Waals surface area contributed by atoms with E-state index in [1.54, 1.807) is 19.9 Å². The van der Waals surface area contributed by atoms with Crippen molar-refractivity contribution in [3.63, 3.8) is 0 Å². The maximum absolute atomic E-state index is 12.3. The number of carboxylic acid groups (broad SMARTS) is 1. The van der Waals surface area contributed by atoms with Crippen LogP contribution in [0.3, 0.4) is 0 Å². The van der Waals surface area contributed by atoms with Gasteiger partial charge in [-0.1, -0.05) is 30.1 Å². The third kappa shape index (κ3) is 2.81. The summed E-state index contributed by atoms with van der Waals surface area (Å²) in [5.41, 5.74) is -0.401. The summed E-state index contributed by atoms with van der Waals surface area (Å²) < 4.78 is 2.30. The fraction of sp³-hybridized carbons (Fsp3) is 0.333. The fourth-order valence-electron chi connectivity index (χ4n) is 1.86. The van der Waals surface area contributed by atoms with Crippen molar-refractivity contribution in [1.82, 2.24) is 9.47 Å². The van der Waals surface area contributed by atoms with Gasteiger partial charge in [0.25, 0.3) is 11.5 Å². The summed E-state index contributed by atoms with van der Waals surface area (Å²) in [7, 11) is 0. The number of carboxylic acids is 1. The van der Waals surface area contributed by atoms with Crippen LogP contribution in [-0.2, 0) is 16.1 Å².